The summed E-state index contributed by atoms with van der Waals surface area (Å²) in [5.74, 6) is -0.460. The summed E-state index contributed by atoms with van der Waals surface area (Å²) in [7, 11) is 0. The van der Waals surface area contributed by atoms with Crippen LogP contribution in [0.4, 0.5) is 0 Å². The number of rotatable bonds is 19. The molecule has 1 saturated carbocycles. The van der Waals surface area contributed by atoms with E-state index in [1.54, 1.807) is 4.90 Å². The Hall–Kier alpha value is -5.16. The molecule has 9 heteroatoms. The van der Waals surface area contributed by atoms with Gasteiger partial charge in [-0.3, -0.25) is 9.59 Å². The van der Waals surface area contributed by atoms with Gasteiger partial charge >= 0.3 is 0 Å². The van der Waals surface area contributed by atoms with E-state index in [-0.39, 0.29) is 37.6 Å². The summed E-state index contributed by atoms with van der Waals surface area (Å²) >= 11 is 0. The van der Waals surface area contributed by atoms with Gasteiger partial charge in [0.1, 0.15) is 36.6 Å². The van der Waals surface area contributed by atoms with E-state index in [0.717, 1.165) is 59.9 Å². The van der Waals surface area contributed by atoms with Crippen molar-refractivity contribution in [3.8, 4) is 0 Å². The monoisotopic (exact) mass is 810 g/mol. The third-order valence-corrected chi connectivity index (χ3v) is 11.4. The van der Waals surface area contributed by atoms with Crippen molar-refractivity contribution in [1.29, 1.82) is 0 Å². The molecule has 1 saturated heterocycles. The first-order valence-electron chi connectivity index (χ1n) is 21.4. The fourth-order valence-corrected chi connectivity index (χ4v) is 8.28. The fourth-order valence-electron chi connectivity index (χ4n) is 8.28. The molecule has 6 atom stereocenters. The number of ether oxygens (including phenoxy) is 5. The summed E-state index contributed by atoms with van der Waals surface area (Å²) in [6.45, 7) is 2.99. The number of carbonyl (C=O) groups is 2. The molecule has 2 fully saturated rings. The van der Waals surface area contributed by atoms with Crippen LogP contribution in [-0.4, -0.2) is 66.4 Å². The van der Waals surface area contributed by atoms with Crippen molar-refractivity contribution in [3.63, 3.8) is 0 Å². The van der Waals surface area contributed by atoms with Crippen LogP contribution in [0.15, 0.2) is 152 Å². The van der Waals surface area contributed by atoms with Gasteiger partial charge in [-0.15, -0.1) is 0 Å². The van der Waals surface area contributed by atoms with Gasteiger partial charge in [-0.2, -0.15) is 0 Å². The van der Waals surface area contributed by atoms with E-state index in [9.17, 15) is 9.59 Å². The second-order valence-electron chi connectivity index (χ2n) is 15.8. The molecule has 1 unspecified atom stereocenters. The maximum absolute atomic E-state index is 14.5. The minimum atomic E-state index is -0.896. The van der Waals surface area contributed by atoms with Gasteiger partial charge in [0.15, 0.2) is 0 Å². The normalized spacial score (nSPS) is 21.2. The highest BCUT2D eigenvalue weighted by molar-refractivity contribution is 5.88. The predicted molar refractivity (Wildman–Crippen MR) is 231 cm³/mol. The van der Waals surface area contributed by atoms with Crippen molar-refractivity contribution in [2.24, 2.45) is 0 Å². The molecule has 0 spiro atoms. The predicted octanol–water partition coefficient (Wildman–Crippen LogP) is 8.77. The summed E-state index contributed by atoms with van der Waals surface area (Å²) in [6, 6.07) is 48.7. The first-order chi connectivity index (χ1) is 29.5. The average molecular weight is 811 g/mol. The number of amides is 2. The van der Waals surface area contributed by atoms with E-state index in [4.69, 9.17) is 23.7 Å². The van der Waals surface area contributed by atoms with Gasteiger partial charge in [0.2, 0.25) is 11.8 Å². The van der Waals surface area contributed by atoms with E-state index in [1.807, 2.05) is 152 Å². The Kier molecular flexibility index (Phi) is 16.1. The van der Waals surface area contributed by atoms with Crippen molar-refractivity contribution in [2.75, 3.05) is 13.2 Å². The fraction of sp³-hybridized carbons (Fsp3) is 0.373. The lowest BCUT2D eigenvalue weighted by molar-refractivity contribution is -0.274. The highest BCUT2D eigenvalue weighted by Gasteiger charge is 2.50. The zero-order chi connectivity index (χ0) is 41.4. The summed E-state index contributed by atoms with van der Waals surface area (Å²) in [5, 5.41) is 3.32. The van der Waals surface area contributed by atoms with E-state index in [1.165, 1.54) is 6.92 Å². The van der Waals surface area contributed by atoms with Crippen LogP contribution in [0, 0.1) is 0 Å². The van der Waals surface area contributed by atoms with E-state index < -0.39 is 36.6 Å². The van der Waals surface area contributed by atoms with Gasteiger partial charge in [-0.25, -0.2) is 0 Å². The van der Waals surface area contributed by atoms with Crippen LogP contribution >= 0.6 is 0 Å². The lowest BCUT2D eigenvalue weighted by Gasteiger charge is -2.48. The number of nitrogens with one attached hydrogen (secondary N) is 1. The topological polar surface area (TPSA) is 95.6 Å². The Morgan fingerprint density at radius 3 is 1.50 bits per heavy atom. The zero-order valence-corrected chi connectivity index (χ0v) is 34.6. The summed E-state index contributed by atoms with van der Waals surface area (Å²) in [5.41, 5.74) is 4.73. The number of hydrogen-bond donors (Lipinski definition) is 1. The van der Waals surface area contributed by atoms with Crippen LogP contribution in [-0.2, 0) is 59.7 Å². The second-order valence-corrected chi connectivity index (χ2v) is 15.8. The minimum absolute atomic E-state index is 0.0538. The summed E-state index contributed by atoms with van der Waals surface area (Å²) < 4.78 is 34.3. The SMILES string of the molecule is CC(=O)N(C[C@@H]1O[C@H](COCc2ccccc2)[C@@H](OCc2ccccc2)[C@H](OCc2ccccc2)[C@H]1OCc1ccccc1)C(C(=O)NC1CCCCC1)c1ccccc1. The van der Waals surface area contributed by atoms with Gasteiger partial charge in [0, 0.05) is 13.0 Å². The molecule has 1 aliphatic carbocycles. The van der Waals surface area contributed by atoms with Crippen molar-refractivity contribution in [3.05, 3.63) is 179 Å². The lowest BCUT2D eigenvalue weighted by Crippen LogP contribution is -2.64. The van der Waals surface area contributed by atoms with Gasteiger partial charge in [0.05, 0.1) is 39.6 Å². The van der Waals surface area contributed by atoms with Crippen molar-refractivity contribution < 1.29 is 33.3 Å². The maximum Gasteiger partial charge on any atom is 0.247 e. The van der Waals surface area contributed by atoms with Crippen LogP contribution in [0.3, 0.4) is 0 Å². The molecule has 0 radical (unpaired) electrons. The molecule has 60 heavy (non-hydrogen) atoms. The molecule has 5 aromatic rings. The van der Waals surface area contributed by atoms with Crippen molar-refractivity contribution >= 4 is 11.8 Å². The standard InChI is InChI=1S/C51H58N2O7/c1-38(54)53(47(43-28-16-6-17-29-43)51(55)52-44-30-18-7-19-31-44)32-45-48(57-34-40-22-10-3-11-23-40)50(59-36-42-26-14-5-15-27-42)49(58-35-41-24-12-4-13-25-41)46(60-45)37-56-33-39-20-8-2-9-21-39/h2-6,8-17,20-29,44-50H,7,18-19,30-37H2,1H3,(H,52,55)/t45-,46+,47?,48-,49+,50+/m0/s1. The van der Waals surface area contributed by atoms with E-state index in [0.29, 0.717) is 19.8 Å². The Morgan fingerprint density at radius 1 is 0.583 bits per heavy atom. The molecule has 2 aliphatic rings. The molecule has 314 valence electrons. The molecule has 9 nitrogen and oxygen atoms in total. The van der Waals surface area contributed by atoms with Crippen LogP contribution in [0.5, 0.6) is 0 Å². The van der Waals surface area contributed by atoms with Crippen LogP contribution < -0.4 is 5.32 Å². The molecular formula is C51H58N2O7. The lowest BCUT2D eigenvalue weighted by atomic mass is 9.92. The Bertz CT molecular complexity index is 2000. The average Bonchev–Trinajstić information content (AvgIpc) is 3.29. The van der Waals surface area contributed by atoms with Crippen molar-refractivity contribution in [1.82, 2.24) is 10.2 Å². The molecule has 1 aliphatic heterocycles. The summed E-state index contributed by atoms with van der Waals surface area (Å²) in [6.07, 6.45) is 1.76. The first-order valence-corrected chi connectivity index (χ1v) is 21.4. The van der Waals surface area contributed by atoms with Gasteiger partial charge in [-0.1, -0.05) is 171 Å². The molecule has 7 rings (SSSR count). The Morgan fingerprint density at radius 2 is 1.02 bits per heavy atom. The molecular weight excluding hydrogens is 753 g/mol. The van der Waals surface area contributed by atoms with Gasteiger partial charge in [0.25, 0.3) is 0 Å². The number of carbonyl (C=O) groups excluding carboxylic acids is 2. The van der Waals surface area contributed by atoms with Gasteiger partial charge < -0.3 is 33.9 Å². The number of nitrogens with zero attached hydrogens (tertiary/aromatic N) is 1. The third-order valence-electron chi connectivity index (χ3n) is 11.4. The van der Waals surface area contributed by atoms with Crippen LogP contribution in [0.2, 0.25) is 0 Å². The molecule has 1 N–H and O–H groups in total. The quantitative estimate of drug-likeness (QED) is 0.0892. The van der Waals surface area contributed by atoms with Crippen LogP contribution in [0.1, 0.15) is 72.9 Å². The molecule has 0 aromatic heterocycles. The number of benzene rings is 5. The van der Waals surface area contributed by atoms with Crippen LogP contribution in [0.25, 0.3) is 0 Å². The number of hydrogen-bond acceptors (Lipinski definition) is 7. The Labute approximate surface area is 355 Å². The molecule has 0 bridgehead atoms. The van der Waals surface area contributed by atoms with Crippen molar-refractivity contribution in [2.45, 2.75) is 108 Å². The van der Waals surface area contributed by atoms with Gasteiger partial charge in [-0.05, 0) is 40.7 Å². The maximum atomic E-state index is 14.5. The summed E-state index contributed by atoms with van der Waals surface area (Å²) in [4.78, 5) is 30.1. The van der Waals surface area contributed by atoms with E-state index >= 15 is 0 Å². The zero-order valence-electron chi connectivity index (χ0n) is 34.6. The highest BCUT2D eigenvalue weighted by atomic mass is 16.6. The van der Waals surface area contributed by atoms with E-state index in [2.05, 4.69) is 5.32 Å². The highest BCUT2D eigenvalue weighted by Crippen LogP contribution is 2.34. The first kappa shape index (κ1) is 42.9. The largest absolute Gasteiger partial charge is 0.374 e. The molecule has 5 aromatic carbocycles. The molecule has 1 heterocycles. The second kappa shape index (κ2) is 22.4. The minimum Gasteiger partial charge on any atom is -0.374 e. The molecule has 2 amide bonds. The third kappa shape index (κ3) is 12.2. The Balaban J connectivity index is 1.26. The smallest absolute Gasteiger partial charge is 0.247 e.